The van der Waals surface area contributed by atoms with Gasteiger partial charge in [0.05, 0.1) is 6.04 Å². The van der Waals surface area contributed by atoms with Gasteiger partial charge < -0.3 is 10.1 Å². The van der Waals surface area contributed by atoms with Gasteiger partial charge in [0.2, 0.25) is 0 Å². The second-order valence-corrected chi connectivity index (χ2v) is 5.75. The lowest BCUT2D eigenvalue weighted by Crippen LogP contribution is -2.31. The van der Waals surface area contributed by atoms with Gasteiger partial charge in [0.25, 0.3) is 5.91 Å². The van der Waals surface area contributed by atoms with Gasteiger partial charge in [-0.25, -0.2) is 8.78 Å². The van der Waals surface area contributed by atoms with Crippen molar-refractivity contribution in [2.75, 3.05) is 6.61 Å². The van der Waals surface area contributed by atoms with Crippen LogP contribution in [-0.4, -0.2) is 12.5 Å². The maximum absolute atomic E-state index is 13.7. The van der Waals surface area contributed by atoms with Crippen molar-refractivity contribution in [2.24, 2.45) is 0 Å². The molecule has 3 aromatic rings. The minimum absolute atomic E-state index is 0.189. The number of ether oxygens (including phenoxy) is 1. The van der Waals surface area contributed by atoms with Crippen LogP contribution in [-0.2, 0) is 4.79 Å². The Hall–Kier alpha value is -2.95. The van der Waals surface area contributed by atoms with Crippen LogP contribution < -0.4 is 10.1 Å². The minimum Gasteiger partial charge on any atom is -0.484 e. The van der Waals surface area contributed by atoms with Gasteiger partial charge in [-0.05, 0) is 35.9 Å². The molecule has 1 atom stereocenters. The maximum Gasteiger partial charge on any atom is 0.258 e. The number of nitrogens with one attached hydrogen (secondary N) is 1. The Bertz CT molecular complexity index is 911. The molecule has 0 saturated carbocycles. The lowest BCUT2D eigenvalue weighted by Gasteiger charge is -2.15. The molecule has 0 aliphatic heterocycles. The van der Waals surface area contributed by atoms with Crippen LogP contribution in [0.4, 0.5) is 8.78 Å². The fraction of sp³-hybridized carbons (Fsp3) is 0.150. The molecule has 0 radical (unpaired) electrons. The predicted molar refractivity (Wildman–Crippen MR) is 92.4 cm³/mol. The third-order valence-electron chi connectivity index (χ3n) is 3.90. The highest BCUT2D eigenvalue weighted by Crippen LogP contribution is 2.21. The highest BCUT2D eigenvalue weighted by Gasteiger charge is 2.14. The first kappa shape index (κ1) is 16.9. The summed E-state index contributed by atoms with van der Waals surface area (Å²) in [5.74, 6) is -1.15. The van der Waals surface area contributed by atoms with Crippen LogP contribution >= 0.6 is 0 Å². The van der Waals surface area contributed by atoms with E-state index < -0.39 is 17.7 Å². The normalized spacial score (nSPS) is 12.0. The van der Waals surface area contributed by atoms with E-state index in [0.29, 0.717) is 5.75 Å². The average Bonchev–Trinajstić information content (AvgIpc) is 2.59. The molecule has 3 aromatic carbocycles. The first-order chi connectivity index (χ1) is 12.0. The molecule has 0 aliphatic rings. The number of hydrogen-bond acceptors (Lipinski definition) is 2. The maximum atomic E-state index is 13.7. The predicted octanol–water partition coefficient (Wildman–Crippen LogP) is 4.37. The molecule has 0 aliphatic carbocycles. The first-order valence-corrected chi connectivity index (χ1v) is 7.89. The number of carbonyl (C=O) groups is 1. The lowest BCUT2D eigenvalue weighted by atomic mass is 10.1. The Balaban J connectivity index is 1.60. The highest BCUT2D eigenvalue weighted by molar-refractivity contribution is 5.84. The van der Waals surface area contributed by atoms with Crippen LogP contribution in [0.5, 0.6) is 5.75 Å². The molecule has 3 rings (SSSR count). The van der Waals surface area contributed by atoms with Crippen LogP contribution in [0.2, 0.25) is 0 Å². The van der Waals surface area contributed by atoms with E-state index in [1.165, 1.54) is 6.07 Å². The Kier molecular flexibility index (Phi) is 4.93. The molecular formula is C20H17F2NO2. The second kappa shape index (κ2) is 7.30. The fourth-order valence-corrected chi connectivity index (χ4v) is 2.62. The largest absolute Gasteiger partial charge is 0.484 e. The number of halogens is 2. The molecule has 0 bridgehead atoms. The van der Waals surface area contributed by atoms with E-state index in [-0.39, 0.29) is 18.1 Å². The number of benzene rings is 3. The van der Waals surface area contributed by atoms with Gasteiger partial charge in [-0.15, -0.1) is 0 Å². The fourth-order valence-electron chi connectivity index (χ4n) is 2.62. The number of carbonyl (C=O) groups excluding carboxylic acids is 1. The van der Waals surface area contributed by atoms with Crippen LogP contribution in [0, 0.1) is 11.6 Å². The zero-order valence-electron chi connectivity index (χ0n) is 13.6. The molecule has 0 spiro atoms. The van der Waals surface area contributed by atoms with Crippen molar-refractivity contribution in [3.63, 3.8) is 0 Å². The van der Waals surface area contributed by atoms with Gasteiger partial charge in [-0.2, -0.15) is 0 Å². The van der Waals surface area contributed by atoms with Gasteiger partial charge in [0.15, 0.2) is 6.61 Å². The Labute approximate surface area is 144 Å². The summed E-state index contributed by atoms with van der Waals surface area (Å²) in [7, 11) is 0. The van der Waals surface area contributed by atoms with Crippen molar-refractivity contribution >= 4 is 16.7 Å². The van der Waals surface area contributed by atoms with E-state index in [4.69, 9.17) is 4.74 Å². The van der Waals surface area contributed by atoms with Gasteiger partial charge in [0, 0.05) is 11.6 Å². The summed E-state index contributed by atoms with van der Waals surface area (Å²) < 4.78 is 32.2. The standard InChI is InChI=1S/C20H17F2NO2/c1-13(18-9-7-16(21)11-19(18)22)23-20(24)12-25-17-8-6-14-4-2-3-5-15(14)10-17/h2-11,13H,12H2,1H3,(H,23,24)/t13-/m1/s1. The molecule has 3 nitrogen and oxygen atoms in total. The van der Waals surface area contributed by atoms with E-state index in [1.807, 2.05) is 36.4 Å². The summed E-state index contributed by atoms with van der Waals surface area (Å²) in [5.41, 5.74) is 0.223. The molecule has 0 heterocycles. The number of hydrogen-bond donors (Lipinski definition) is 1. The molecule has 5 heteroatoms. The van der Waals surface area contributed by atoms with E-state index in [0.717, 1.165) is 22.9 Å². The van der Waals surface area contributed by atoms with Crippen molar-refractivity contribution < 1.29 is 18.3 Å². The van der Waals surface area contributed by atoms with Crippen LogP contribution in [0.15, 0.2) is 60.7 Å². The number of fused-ring (bicyclic) bond motifs is 1. The van der Waals surface area contributed by atoms with E-state index in [9.17, 15) is 13.6 Å². The Morgan fingerprint density at radius 3 is 2.56 bits per heavy atom. The van der Waals surface area contributed by atoms with E-state index >= 15 is 0 Å². The summed E-state index contributed by atoms with van der Waals surface area (Å²) >= 11 is 0. The molecule has 1 N–H and O–H groups in total. The molecule has 0 unspecified atom stereocenters. The van der Waals surface area contributed by atoms with E-state index in [2.05, 4.69) is 5.32 Å². The summed E-state index contributed by atoms with van der Waals surface area (Å²) in [6.07, 6.45) is 0. The lowest BCUT2D eigenvalue weighted by molar-refractivity contribution is -0.123. The molecule has 128 valence electrons. The summed E-state index contributed by atoms with van der Waals surface area (Å²) in [6.45, 7) is 1.44. The zero-order valence-corrected chi connectivity index (χ0v) is 13.6. The monoisotopic (exact) mass is 341 g/mol. The van der Waals surface area contributed by atoms with E-state index in [1.54, 1.807) is 13.0 Å². The van der Waals surface area contributed by atoms with Crippen LogP contribution in [0.3, 0.4) is 0 Å². The highest BCUT2D eigenvalue weighted by atomic mass is 19.1. The molecular weight excluding hydrogens is 324 g/mol. The quantitative estimate of drug-likeness (QED) is 0.748. The van der Waals surface area contributed by atoms with Crippen molar-refractivity contribution in [2.45, 2.75) is 13.0 Å². The van der Waals surface area contributed by atoms with Gasteiger partial charge in [-0.3, -0.25) is 4.79 Å². The summed E-state index contributed by atoms with van der Waals surface area (Å²) in [5, 5.41) is 4.74. The van der Waals surface area contributed by atoms with Crippen molar-refractivity contribution in [1.29, 1.82) is 0 Å². The number of rotatable bonds is 5. The third-order valence-corrected chi connectivity index (χ3v) is 3.90. The topological polar surface area (TPSA) is 38.3 Å². The molecule has 0 saturated heterocycles. The molecule has 25 heavy (non-hydrogen) atoms. The van der Waals surface area contributed by atoms with Crippen LogP contribution in [0.25, 0.3) is 10.8 Å². The molecule has 0 fully saturated rings. The van der Waals surface area contributed by atoms with Crippen molar-refractivity contribution in [3.8, 4) is 5.75 Å². The molecule has 1 amide bonds. The zero-order chi connectivity index (χ0) is 17.8. The SMILES string of the molecule is C[C@@H](NC(=O)COc1ccc2ccccc2c1)c1ccc(F)cc1F. The first-order valence-electron chi connectivity index (χ1n) is 7.89. The Morgan fingerprint density at radius 2 is 1.80 bits per heavy atom. The van der Waals surface area contributed by atoms with Gasteiger partial charge in [0.1, 0.15) is 17.4 Å². The summed E-state index contributed by atoms with van der Waals surface area (Å²) in [4.78, 5) is 12.0. The Morgan fingerprint density at radius 1 is 1.04 bits per heavy atom. The third kappa shape index (κ3) is 4.12. The minimum atomic E-state index is -0.691. The second-order valence-electron chi connectivity index (χ2n) is 5.75. The van der Waals surface area contributed by atoms with Crippen LogP contribution in [0.1, 0.15) is 18.5 Å². The van der Waals surface area contributed by atoms with Gasteiger partial charge in [-0.1, -0.05) is 36.4 Å². The van der Waals surface area contributed by atoms with Crippen molar-refractivity contribution in [1.82, 2.24) is 5.32 Å². The summed E-state index contributed by atoms with van der Waals surface area (Å²) in [6, 6.07) is 16.1. The van der Waals surface area contributed by atoms with Gasteiger partial charge >= 0.3 is 0 Å². The smallest absolute Gasteiger partial charge is 0.258 e. The average molecular weight is 341 g/mol. The van der Waals surface area contributed by atoms with Crippen molar-refractivity contribution in [3.05, 3.63) is 77.9 Å². The molecule has 0 aromatic heterocycles. The number of amides is 1.